The highest BCUT2D eigenvalue weighted by molar-refractivity contribution is 6.26. The SMILES string of the molecule is c1ccc(-c2cc3ccc4cccc5c4c3c(c2)n5-c2cccc(-c3cccc(-n4c5cccc6ccc7cc(-c8ccccc8)cc4c7c65)c3)c2)cc1. The van der Waals surface area contributed by atoms with Gasteiger partial charge in [-0.05, 0) is 116 Å². The minimum Gasteiger partial charge on any atom is -0.309 e. The van der Waals surface area contributed by atoms with Crippen molar-refractivity contribution in [2.45, 2.75) is 0 Å². The van der Waals surface area contributed by atoms with Crippen molar-refractivity contribution in [3.8, 4) is 44.8 Å². The maximum atomic E-state index is 2.47. The van der Waals surface area contributed by atoms with E-state index in [1.807, 2.05) is 0 Å². The molecule has 2 heterocycles. The van der Waals surface area contributed by atoms with Crippen molar-refractivity contribution in [2.24, 2.45) is 0 Å². The van der Waals surface area contributed by atoms with Gasteiger partial charge in [-0.25, -0.2) is 0 Å². The monoisotopic (exact) mass is 684 g/mol. The molecule has 0 saturated heterocycles. The Kier molecular flexibility index (Phi) is 6.09. The number of hydrogen-bond acceptors (Lipinski definition) is 0. The van der Waals surface area contributed by atoms with Crippen LogP contribution in [0.1, 0.15) is 0 Å². The molecule has 10 aromatic carbocycles. The molecule has 0 aliphatic carbocycles. The smallest absolute Gasteiger partial charge is 0.0553 e. The molecule has 250 valence electrons. The largest absolute Gasteiger partial charge is 0.309 e. The van der Waals surface area contributed by atoms with Crippen LogP contribution in [-0.2, 0) is 0 Å². The molecular weight excluding hydrogens is 653 g/mol. The number of aromatic nitrogens is 2. The molecule has 0 atom stereocenters. The maximum Gasteiger partial charge on any atom is 0.0553 e. The second kappa shape index (κ2) is 11.2. The van der Waals surface area contributed by atoms with Crippen LogP contribution < -0.4 is 0 Å². The van der Waals surface area contributed by atoms with Crippen molar-refractivity contribution in [2.75, 3.05) is 0 Å². The molecule has 0 fully saturated rings. The summed E-state index contributed by atoms with van der Waals surface area (Å²) in [6, 6.07) is 71.5. The van der Waals surface area contributed by atoms with Gasteiger partial charge in [0.2, 0.25) is 0 Å². The minimum atomic E-state index is 1.16. The van der Waals surface area contributed by atoms with Gasteiger partial charge in [0.05, 0.1) is 22.1 Å². The Morgan fingerprint density at radius 2 is 0.611 bits per heavy atom. The number of hydrogen-bond donors (Lipinski definition) is 0. The molecule has 2 heteroatoms. The van der Waals surface area contributed by atoms with Crippen LogP contribution in [0.25, 0.3) is 110 Å². The minimum absolute atomic E-state index is 1.16. The first-order valence-corrected chi connectivity index (χ1v) is 18.7. The zero-order valence-electron chi connectivity index (χ0n) is 29.4. The van der Waals surface area contributed by atoms with Crippen LogP contribution in [0.4, 0.5) is 0 Å². The summed E-state index contributed by atoms with van der Waals surface area (Å²) in [5.74, 6) is 0. The second-order valence-corrected chi connectivity index (χ2v) is 14.6. The Morgan fingerprint density at radius 1 is 0.222 bits per heavy atom. The third-order valence-corrected chi connectivity index (χ3v) is 11.6. The molecule has 2 aromatic heterocycles. The third kappa shape index (κ3) is 4.22. The molecule has 0 aliphatic heterocycles. The average molecular weight is 685 g/mol. The Hall–Kier alpha value is -7.16. The lowest BCUT2D eigenvalue weighted by molar-refractivity contribution is 1.18. The molecule has 0 bridgehead atoms. The first-order chi connectivity index (χ1) is 26.8. The number of nitrogens with zero attached hydrogens (tertiary/aromatic N) is 2. The summed E-state index contributed by atoms with van der Waals surface area (Å²) < 4.78 is 4.93. The van der Waals surface area contributed by atoms with Gasteiger partial charge in [-0.1, -0.05) is 133 Å². The van der Waals surface area contributed by atoms with E-state index >= 15 is 0 Å². The summed E-state index contributed by atoms with van der Waals surface area (Å²) in [6.07, 6.45) is 0. The predicted molar refractivity (Wildman–Crippen MR) is 229 cm³/mol. The lowest BCUT2D eigenvalue weighted by Crippen LogP contribution is -1.96. The van der Waals surface area contributed by atoms with E-state index in [9.17, 15) is 0 Å². The fourth-order valence-electron chi connectivity index (χ4n) is 9.19. The van der Waals surface area contributed by atoms with Crippen LogP contribution in [0, 0.1) is 0 Å². The molecule has 12 aromatic rings. The van der Waals surface area contributed by atoms with E-state index in [4.69, 9.17) is 0 Å². The summed E-state index contributed by atoms with van der Waals surface area (Å²) in [5, 5.41) is 10.4. The van der Waals surface area contributed by atoms with Crippen LogP contribution in [0.15, 0.2) is 194 Å². The van der Waals surface area contributed by atoms with Gasteiger partial charge < -0.3 is 9.13 Å². The summed E-state index contributed by atoms with van der Waals surface area (Å²) >= 11 is 0. The van der Waals surface area contributed by atoms with E-state index in [1.54, 1.807) is 0 Å². The maximum absolute atomic E-state index is 2.47. The predicted octanol–water partition coefficient (Wildman–Crippen LogP) is 14.1. The lowest BCUT2D eigenvalue weighted by Gasteiger charge is -2.13. The fourth-order valence-corrected chi connectivity index (χ4v) is 9.19. The third-order valence-electron chi connectivity index (χ3n) is 11.6. The van der Waals surface area contributed by atoms with E-state index in [2.05, 4.69) is 203 Å². The Labute approximate surface area is 312 Å². The molecular formula is C52H32N2. The Balaban J connectivity index is 1.06. The highest BCUT2D eigenvalue weighted by Gasteiger charge is 2.20. The zero-order valence-corrected chi connectivity index (χ0v) is 29.4. The molecule has 0 aliphatic rings. The average Bonchev–Trinajstić information content (AvgIpc) is 3.77. The molecule has 0 N–H and O–H groups in total. The van der Waals surface area contributed by atoms with Gasteiger partial charge in [0.1, 0.15) is 0 Å². The first-order valence-electron chi connectivity index (χ1n) is 18.7. The van der Waals surface area contributed by atoms with Crippen LogP contribution in [0.5, 0.6) is 0 Å². The van der Waals surface area contributed by atoms with Gasteiger partial charge >= 0.3 is 0 Å². The quantitative estimate of drug-likeness (QED) is 0.160. The van der Waals surface area contributed by atoms with Crippen molar-refractivity contribution in [1.29, 1.82) is 0 Å². The van der Waals surface area contributed by atoms with Crippen LogP contribution in [0.2, 0.25) is 0 Å². The second-order valence-electron chi connectivity index (χ2n) is 14.6. The van der Waals surface area contributed by atoms with Gasteiger partial charge in [-0.15, -0.1) is 0 Å². The van der Waals surface area contributed by atoms with E-state index in [0.717, 1.165) is 11.4 Å². The standard InChI is InChI=1S/C52H32N2/c1-3-11-33(12-4-1)41-27-39-25-23-35-15-9-21-45-49(35)51(39)47(31-41)53(45)43-19-7-17-37(29-43)38-18-8-20-44(30-38)54-46-22-10-16-36-24-26-40-28-42(34-13-5-2-6-14-34)32-48(54)52(40)50(36)46/h1-32H. The van der Waals surface area contributed by atoms with Gasteiger partial charge in [0, 0.05) is 32.9 Å². The van der Waals surface area contributed by atoms with Crippen LogP contribution >= 0.6 is 0 Å². The summed E-state index contributed by atoms with van der Waals surface area (Å²) in [4.78, 5) is 0. The van der Waals surface area contributed by atoms with Crippen molar-refractivity contribution < 1.29 is 0 Å². The molecule has 12 rings (SSSR count). The van der Waals surface area contributed by atoms with E-state index < -0.39 is 0 Å². The molecule has 0 saturated carbocycles. The molecule has 54 heavy (non-hydrogen) atoms. The molecule has 0 radical (unpaired) electrons. The normalized spacial score (nSPS) is 12.1. The van der Waals surface area contributed by atoms with Crippen LogP contribution in [0.3, 0.4) is 0 Å². The molecule has 0 spiro atoms. The fraction of sp³-hybridized carbons (Fsp3) is 0. The number of rotatable bonds is 5. The van der Waals surface area contributed by atoms with E-state index in [-0.39, 0.29) is 0 Å². The van der Waals surface area contributed by atoms with Crippen molar-refractivity contribution >= 4 is 65.2 Å². The van der Waals surface area contributed by atoms with Crippen molar-refractivity contribution in [3.05, 3.63) is 194 Å². The highest BCUT2D eigenvalue weighted by atomic mass is 15.0. The lowest BCUT2D eigenvalue weighted by atomic mass is 9.97. The van der Waals surface area contributed by atoms with Gasteiger partial charge in [-0.3, -0.25) is 0 Å². The summed E-state index contributed by atoms with van der Waals surface area (Å²) in [6.45, 7) is 0. The summed E-state index contributed by atoms with van der Waals surface area (Å²) in [7, 11) is 0. The molecule has 0 amide bonds. The van der Waals surface area contributed by atoms with Gasteiger partial charge in [0.25, 0.3) is 0 Å². The van der Waals surface area contributed by atoms with E-state index in [0.29, 0.717) is 0 Å². The Bertz CT molecular complexity index is 3140. The first kappa shape index (κ1) is 29.4. The molecule has 2 nitrogen and oxygen atoms in total. The topological polar surface area (TPSA) is 9.86 Å². The highest BCUT2D eigenvalue weighted by Crippen LogP contribution is 2.43. The van der Waals surface area contributed by atoms with Crippen molar-refractivity contribution in [3.63, 3.8) is 0 Å². The molecule has 0 unspecified atom stereocenters. The van der Waals surface area contributed by atoms with Gasteiger partial charge in [0.15, 0.2) is 0 Å². The van der Waals surface area contributed by atoms with Crippen molar-refractivity contribution in [1.82, 2.24) is 9.13 Å². The zero-order chi connectivity index (χ0) is 35.3. The van der Waals surface area contributed by atoms with Crippen LogP contribution in [-0.4, -0.2) is 9.13 Å². The number of benzene rings is 10. The summed E-state index contributed by atoms with van der Waals surface area (Å²) in [5.41, 5.74) is 14.5. The Morgan fingerprint density at radius 3 is 1.07 bits per heavy atom. The van der Waals surface area contributed by atoms with Gasteiger partial charge in [-0.2, -0.15) is 0 Å². The van der Waals surface area contributed by atoms with E-state index in [1.165, 1.54) is 98.5 Å².